The molecule has 0 aliphatic heterocycles. The topological polar surface area (TPSA) is 51.0 Å². The van der Waals surface area contributed by atoms with E-state index in [2.05, 4.69) is 31.0 Å². The van der Waals surface area contributed by atoms with Crippen LogP contribution in [0.25, 0.3) is 10.9 Å². The number of nitrogens with two attached hydrogens (primary N) is 1. The molecule has 3 N–H and O–H groups in total. The third-order valence-corrected chi connectivity index (χ3v) is 3.03. The number of H-pyrrole nitrogens is 1. The Hall–Kier alpha value is -1.48. The molecule has 1 aromatic heterocycles. The minimum absolute atomic E-state index is 0.679. The highest BCUT2D eigenvalue weighted by Gasteiger charge is 2.10. The third-order valence-electron chi connectivity index (χ3n) is 3.03. The van der Waals surface area contributed by atoms with E-state index in [1.54, 1.807) is 7.11 Å². The normalized spacial score (nSPS) is 11.0. The van der Waals surface area contributed by atoms with E-state index in [-0.39, 0.29) is 0 Å². The van der Waals surface area contributed by atoms with E-state index in [1.165, 1.54) is 16.6 Å². The Bertz CT molecular complexity index is 514. The molecule has 2 rings (SSSR count). The fourth-order valence-electron chi connectivity index (χ4n) is 2.21. The quantitative estimate of drug-likeness (QED) is 0.830. The molecule has 0 amide bonds. The molecule has 0 fully saturated rings. The van der Waals surface area contributed by atoms with Gasteiger partial charge in [-0.25, -0.2) is 0 Å². The molecule has 1 aromatic carbocycles. The molecule has 0 spiro atoms. The second-order valence-electron chi connectivity index (χ2n) is 4.13. The van der Waals surface area contributed by atoms with Crippen molar-refractivity contribution in [3.8, 4) is 5.75 Å². The largest absolute Gasteiger partial charge is 0.496 e. The number of aromatic nitrogens is 1. The second-order valence-corrected chi connectivity index (χ2v) is 4.13. The molecule has 16 heavy (non-hydrogen) atoms. The van der Waals surface area contributed by atoms with Gasteiger partial charge in [0.15, 0.2) is 0 Å². The SMILES string of the molecule is COc1cc2[nH]c(C)c(CCN)c2cc1C. The van der Waals surface area contributed by atoms with Gasteiger partial charge in [0.05, 0.1) is 7.11 Å². The van der Waals surface area contributed by atoms with E-state index in [0.717, 1.165) is 23.3 Å². The number of methoxy groups -OCH3 is 1. The monoisotopic (exact) mass is 218 g/mol. The van der Waals surface area contributed by atoms with Crippen molar-refractivity contribution in [2.24, 2.45) is 5.73 Å². The molecule has 0 radical (unpaired) electrons. The van der Waals surface area contributed by atoms with Gasteiger partial charge in [0.25, 0.3) is 0 Å². The van der Waals surface area contributed by atoms with Crippen molar-refractivity contribution in [1.82, 2.24) is 4.98 Å². The first-order valence-corrected chi connectivity index (χ1v) is 5.53. The first-order valence-electron chi connectivity index (χ1n) is 5.53. The molecular weight excluding hydrogens is 200 g/mol. The highest BCUT2D eigenvalue weighted by molar-refractivity contribution is 5.87. The van der Waals surface area contributed by atoms with Crippen molar-refractivity contribution in [1.29, 1.82) is 0 Å². The van der Waals surface area contributed by atoms with Crippen molar-refractivity contribution in [3.63, 3.8) is 0 Å². The number of rotatable bonds is 3. The summed E-state index contributed by atoms with van der Waals surface area (Å²) in [6.07, 6.45) is 0.914. The summed E-state index contributed by atoms with van der Waals surface area (Å²) in [4.78, 5) is 3.38. The van der Waals surface area contributed by atoms with E-state index >= 15 is 0 Å². The van der Waals surface area contributed by atoms with Crippen LogP contribution in [0, 0.1) is 13.8 Å². The van der Waals surface area contributed by atoms with E-state index in [4.69, 9.17) is 10.5 Å². The Labute approximate surface area is 95.6 Å². The summed E-state index contributed by atoms with van der Waals surface area (Å²) in [5.41, 5.74) is 10.4. The van der Waals surface area contributed by atoms with Crippen LogP contribution in [0.4, 0.5) is 0 Å². The predicted octanol–water partition coefficient (Wildman–Crippen LogP) is 2.29. The van der Waals surface area contributed by atoms with E-state index < -0.39 is 0 Å². The van der Waals surface area contributed by atoms with Crippen LogP contribution in [-0.2, 0) is 6.42 Å². The lowest BCUT2D eigenvalue weighted by Gasteiger charge is -2.05. The fourth-order valence-corrected chi connectivity index (χ4v) is 2.21. The molecule has 0 aliphatic carbocycles. The number of benzene rings is 1. The molecule has 2 aromatic rings. The van der Waals surface area contributed by atoms with Gasteiger partial charge in [0, 0.05) is 22.7 Å². The van der Waals surface area contributed by atoms with Gasteiger partial charge in [-0.2, -0.15) is 0 Å². The van der Waals surface area contributed by atoms with Gasteiger partial charge >= 0.3 is 0 Å². The molecule has 3 nitrogen and oxygen atoms in total. The van der Waals surface area contributed by atoms with Crippen LogP contribution < -0.4 is 10.5 Å². The maximum absolute atomic E-state index is 5.64. The summed E-state index contributed by atoms with van der Waals surface area (Å²) in [5, 5.41) is 1.27. The van der Waals surface area contributed by atoms with Crippen LogP contribution >= 0.6 is 0 Å². The minimum Gasteiger partial charge on any atom is -0.496 e. The molecule has 0 saturated heterocycles. The standard InChI is InChI=1S/C13H18N2O/c1-8-6-11-10(4-5-14)9(2)15-12(11)7-13(8)16-3/h6-7,15H,4-5,14H2,1-3H3. The van der Waals surface area contributed by atoms with Gasteiger partial charge in [-0.05, 0) is 44.0 Å². The summed E-state index contributed by atoms with van der Waals surface area (Å²) in [6, 6.07) is 4.22. The van der Waals surface area contributed by atoms with Crippen LogP contribution in [0.3, 0.4) is 0 Å². The van der Waals surface area contributed by atoms with E-state index in [1.807, 2.05) is 0 Å². The predicted molar refractivity (Wildman–Crippen MR) is 67.1 cm³/mol. The first kappa shape index (κ1) is 11.0. The van der Waals surface area contributed by atoms with Crippen molar-refractivity contribution < 1.29 is 4.74 Å². The summed E-state index contributed by atoms with van der Waals surface area (Å²) in [6.45, 7) is 4.83. The summed E-state index contributed by atoms with van der Waals surface area (Å²) in [5.74, 6) is 0.924. The van der Waals surface area contributed by atoms with Gasteiger partial charge in [-0.15, -0.1) is 0 Å². The van der Waals surface area contributed by atoms with Gasteiger partial charge in [-0.1, -0.05) is 0 Å². The van der Waals surface area contributed by atoms with Crippen LogP contribution in [0.1, 0.15) is 16.8 Å². The maximum atomic E-state index is 5.64. The Morgan fingerprint density at radius 1 is 1.31 bits per heavy atom. The molecule has 0 bridgehead atoms. The van der Waals surface area contributed by atoms with E-state index in [0.29, 0.717) is 6.54 Å². The lowest BCUT2D eigenvalue weighted by Crippen LogP contribution is -2.03. The summed E-state index contributed by atoms with van der Waals surface area (Å²) in [7, 11) is 1.70. The summed E-state index contributed by atoms with van der Waals surface area (Å²) >= 11 is 0. The number of aryl methyl sites for hydroxylation is 2. The zero-order valence-electron chi connectivity index (χ0n) is 10.1. The minimum atomic E-state index is 0.679. The number of fused-ring (bicyclic) bond motifs is 1. The van der Waals surface area contributed by atoms with Crippen LogP contribution in [0.5, 0.6) is 5.75 Å². The van der Waals surface area contributed by atoms with Crippen molar-refractivity contribution in [2.45, 2.75) is 20.3 Å². The molecule has 1 heterocycles. The molecular formula is C13H18N2O. The van der Waals surface area contributed by atoms with Crippen LogP contribution in [0.2, 0.25) is 0 Å². The second kappa shape index (κ2) is 4.18. The average molecular weight is 218 g/mol. The van der Waals surface area contributed by atoms with Crippen molar-refractivity contribution in [3.05, 3.63) is 29.0 Å². The fraction of sp³-hybridized carbons (Fsp3) is 0.385. The lowest BCUT2D eigenvalue weighted by molar-refractivity contribution is 0.412. The van der Waals surface area contributed by atoms with Gasteiger partial charge in [0.1, 0.15) is 5.75 Å². The molecule has 0 unspecified atom stereocenters. The van der Waals surface area contributed by atoms with Gasteiger partial charge < -0.3 is 15.5 Å². The maximum Gasteiger partial charge on any atom is 0.123 e. The molecule has 0 atom stereocenters. The van der Waals surface area contributed by atoms with Crippen LogP contribution in [-0.4, -0.2) is 18.6 Å². The number of hydrogen-bond acceptors (Lipinski definition) is 2. The molecule has 86 valence electrons. The Kier molecular flexibility index (Phi) is 2.88. The number of nitrogens with one attached hydrogen (secondary N) is 1. The van der Waals surface area contributed by atoms with Gasteiger partial charge in [0.2, 0.25) is 0 Å². The molecule has 0 aliphatic rings. The summed E-state index contributed by atoms with van der Waals surface area (Å²) < 4.78 is 5.32. The average Bonchev–Trinajstić information content (AvgIpc) is 2.55. The lowest BCUT2D eigenvalue weighted by atomic mass is 10.1. The Morgan fingerprint density at radius 3 is 2.69 bits per heavy atom. The third kappa shape index (κ3) is 1.67. The Morgan fingerprint density at radius 2 is 2.06 bits per heavy atom. The van der Waals surface area contributed by atoms with Crippen molar-refractivity contribution in [2.75, 3.05) is 13.7 Å². The first-order chi connectivity index (χ1) is 7.67. The van der Waals surface area contributed by atoms with Gasteiger partial charge in [-0.3, -0.25) is 0 Å². The Balaban J connectivity index is 2.66. The smallest absolute Gasteiger partial charge is 0.123 e. The number of hydrogen-bond donors (Lipinski definition) is 2. The molecule has 3 heteroatoms. The zero-order chi connectivity index (χ0) is 11.7. The van der Waals surface area contributed by atoms with Crippen LogP contribution in [0.15, 0.2) is 12.1 Å². The highest BCUT2D eigenvalue weighted by Crippen LogP contribution is 2.29. The molecule has 0 saturated carbocycles. The number of ether oxygens (including phenoxy) is 1. The zero-order valence-corrected chi connectivity index (χ0v) is 10.1. The highest BCUT2D eigenvalue weighted by atomic mass is 16.5. The van der Waals surface area contributed by atoms with E-state index in [9.17, 15) is 0 Å². The van der Waals surface area contributed by atoms with Crippen molar-refractivity contribution >= 4 is 10.9 Å². The number of aromatic amines is 1.